The average Bonchev–Trinajstić information content (AvgIpc) is 3.29. The third kappa shape index (κ3) is 3.89. The molecule has 0 radical (unpaired) electrons. The zero-order valence-corrected chi connectivity index (χ0v) is 20.1. The van der Waals surface area contributed by atoms with Crippen LogP contribution in [-0.2, 0) is 24.2 Å². The van der Waals surface area contributed by atoms with Gasteiger partial charge in [-0.25, -0.2) is 4.99 Å². The molecule has 0 spiro atoms. The zero-order valence-electron chi connectivity index (χ0n) is 19.3. The molecule has 3 aromatic rings. The van der Waals surface area contributed by atoms with Gasteiger partial charge in [-0.1, -0.05) is 69.3 Å². The van der Waals surface area contributed by atoms with Gasteiger partial charge in [0.1, 0.15) is 16.8 Å². The quantitative estimate of drug-likeness (QED) is 0.458. The Kier molecular flexibility index (Phi) is 5.42. The van der Waals surface area contributed by atoms with Crippen LogP contribution in [0.4, 0.5) is 10.7 Å². The molecule has 1 amide bonds. The first-order chi connectivity index (χ1) is 15.9. The van der Waals surface area contributed by atoms with Crippen molar-refractivity contribution in [2.24, 2.45) is 16.3 Å². The third-order valence-corrected chi connectivity index (χ3v) is 8.03. The highest BCUT2D eigenvalue weighted by atomic mass is 32.1. The molecule has 0 unspecified atom stereocenters. The molecule has 2 heterocycles. The number of carbonyl (C=O) groups is 1. The molecule has 0 saturated carbocycles. The Bertz CT molecular complexity index is 1290. The van der Waals surface area contributed by atoms with Gasteiger partial charge in [0, 0.05) is 10.4 Å². The van der Waals surface area contributed by atoms with Gasteiger partial charge in [0.25, 0.3) is 5.91 Å². The van der Waals surface area contributed by atoms with E-state index in [1.54, 1.807) is 16.2 Å². The van der Waals surface area contributed by atoms with E-state index in [0.717, 1.165) is 41.6 Å². The number of benzene rings is 2. The second kappa shape index (κ2) is 8.28. The van der Waals surface area contributed by atoms with E-state index >= 15 is 0 Å². The smallest absolute Gasteiger partial charge is 0.277 e. The van der Waals surface area contributed by atoms with Crippen LogP contribution in [0.2, 0.25) is 0 Å². The number of thiophene rings is 1. The van der Waals surface area contributed by atoms with Gasteiger partial charge in [-0.15, -0.1) is 11.3 Å². The lowest BCUT2D eigenvalue weighted by Crippen LogP contribution is -2.29. The van der Waals surface area contributed by atoms with Crippen LogP contribution in [0.5, 0.6) is 0 Å². The fourth-order valence-corrected chi connectivity index (χ4v) is 6.15. The standard InChI is InChI=1S/C28H27N3OS/c1-28(2,3)19-13-14-20-22(16-29)26(33-24(20)15-19)30-25-21-11-7-8-12-23(21)31(27(25)32)17-18-9-5-4-6-10-18/h4-12,19H,13-15,17H2,1-3H3/t19-/m0/s1. The maximum Gasteiger partial charge on any atom is 0.277 e. The Hall–Kier alpha value is -3.23. The van der Waals surface area contributed by atoms with Crippen LogP contribution in [0.15, 0.2) is 59.6 Å². The van der Waals surface area contributed by atoms with Crippen LogP contribution >= 0.6 is 11.3 Å². The lowest BCUT2D eigenvalue weighted by Gasteiger charge is -2.33. The van der Waals surface area contributed by atoms with Crippen molar-refractivity contribution in [2.45, 2.75) is 46.6 Å². The van der Waals surface area contributed by atoms with Gasteiger partial charge in [0.15, 0.2) is 0 Å². The van der Waals surface area contributed by atoms with Gasteiger partial charge < -0.3 is 4.90 Å². The van der Waals surface area contributed by atoms with E-state index in [1.165, 1.54) is 4.88 Å². The fraction of sp³-hybridized carbons (Fsp3) is 0.321. The van der Waals surface area contributed by atoms with Crippen molar-refractivity contribution >= 4 is 33.6 Å². The number of para-hydroxylation sites is 1. The molecule has 0 N–H and O–H groups in total. The summed E-state index contributed by atoms with van der Waals surface area (Å²) in [5, 5.41) is 10.6. The Balaban J connectivity index is 1.54. The summed E-state index contributed by atoms with van der Waals surface area (Å²) >= 11 is 1.59. The molecule has 1 aliphatic carbocycles. The molecule has 4 nitrogen and oxygen atoms in total. The summed E-state index contributed by atoms with van der Waals surface area (Å²) in [6, 6.07) is 20.2. The molecule has 0 bridgehead atoms. The Morgan fingerprint density at radius 1 is 1.12 bits per heavy atom. The van der Waals surface area contributed by atoms with Gasteiger partial charge >= 0.3 is 0 Å². The molecule has 1 aromatic heterocycles. The largest absolute Gasteiger partial charge is 0.302 e. The van der Waals surface area contributed by atoms with E-state index in [-0.39, 0.29) is 11.3 Å². The predicted octanol–water partition coefficient (Wildman–Crippen LogP) is 6.44. The molecule has 1 atom stereocenters. The molecule has 0 saturated heterocycles. The Morgan fingerprint density at radius 2 is 1.85 bits per heavy atom. The van der Waals surface area contributed by atoms with Crippen molar-refractivity contribution in [1.29, 1.82) is 5.26 Å². The van der Waals surface area contributed by atoms with E-state index in [0.29, 0.717) is 28.7 Å². The molecular formula is C28H27N3OS. The summed E-state index contributed by atoms with van der Waals surface area (Å²) in [5.74, 6) is 0.480. The normalized spacial score (nSPS) is 18.8. The first-order valence-electron chi connectivity index (χ1n) is 11.5. The predicted molar refractivity (Wildman–Crippen MR) is 134 cm³/mol. The number of carbonyl (C=O) groups excluding carboxylic acids is 1. The molecular weight excluding hydrogens is 426 g/mol. The summed E-state index contributed by atoms with van der Waals surface area (Å²) in [4.78, 5) is 21.4. The van der Waals surface area contributed by atoms with Crippen molar-refractivity contribution in [3.8, 4) is 6.07 Å². The number of hydrogen-bond acceptors (Lipinski definition) is 4. The summed E-state index contributed by atoms with van der Waals surface area (Å²) < 4.78 is 0. The van der Waals surface area contributed by atoms with E-state index in [9.17, 15) is 10.1 Å². The zero-order chi connectivity index (χ0) is 23.2. The van der Waals surface area contributed by atoms with Crippen LogP contribution in [-0.4, -0.2) is 11.6 Å². The summed E-state index contributed by atoms with van der Waals surface area (Å²) in [5.41, 5.74) is 5.24. The number of nitriles is 1. The number of anilines is 1. The van der Waals surface area contributed by atoms with Crippen molar-refractivity contribution in [3.63, 3.8) is 0 Å². The topological polar surface area (TPSA) is 56.5 Å². The van der Waals surface area contributed by atoms with Gasteiger partial charge in [0.05, 0.1) is 17.8 Å². The number of rotatable bonds is 3. The lowest BCUT2D eigenvalue weighted by molar-refractivity contribution is -0.112. The number of amides is 1. The number of fused-ring (bicyclic) bond motifs is 2. The molecule has 5 rings (SSSR count). The number of nitrogens with zero attached hydrogens (tertiary/aromatic N) is 3. The molecule has 166 valence electrons. The molecule has 2 aromatic carbocycles. The van der Waals surface area contributed by atoms with Crippen molar-refractivity contribution in [1.82, 2.24) is 0 Å². The first-order valence-corrected chi connectivity index (χ1v) is 12.3. The van der Waals surface area contributed by atoms with E-state index in [1.807, 2.05) is 54.6 Å². The van der Waals surface area contributed by atoms with Crippen LogP contribution in [0.25, 0.3) is 0 Å². The summed E-state index contributed by atoms with van der Waals surface area (Å²) in [6.45, 7) is 7.36. The van der Waals surface area contributed by atoms with Gasteiger partial charge in [-0.3, -0.25) is 4.79 Å². The highest BCUT2D eigenvalue weighted by Gasteiger charge is 2.36. The minimum atomic E-state index is -0.108. The Labute approximate surface area is 199 Å². The number of aliphatic imine (C=N–C) groups is 1. The fourth-order valence-electron chi connectivity index (χ4n) is 4.90. The minimum Gasteiger partial charge on any atom is -0.302 e. The van der Waals surface area contributed by atoms with Crippen molar-refractivity contribution in [3.05, 3.63) is 81.7 Å². The lowest BCUT2D eigenvalue weighted by atomic mass is 9.72. The maximum absolute atomic E-state index is 13.5. The van der Waals surface area contributed by atoms with E-state index in [2.05, 4.69) is 26.8 Å². The molecule has 5 heteroatoms. The van der Waals surface area contributed by atoms with E-state index < -0.39 is 0 Å². The van der Waals surface area contributed by atoms with Crippen molar-refractivity contribution < 1.29 is 4.79 Å². The van der Waals surface area contributed by atoms with Gasteiger partial charge in [-0.05, 0) is 47.8 Å². The summed E-state index contributed by atoms with van der Waals surface area (Å²) in [6.07, 6.45) is 2.98. The Morgan fingerprint density at radius 3 is 2.58 bits per heavy atom. The molecule has 2 aliphatic rings. The van der Waals surface area contributed by atoms with E-state index in [4.69, 9.17) is 4.99 Å². The first kappa shape index (κ1) is 21.6. The molecule has 33 heavy (non-hydrogen) atoms. The van der Waals surface area contributed by atoms with Gasteiger partial charge in [-0.2, -0.15) is 5.26 Å². The second-order valence-corrected chi connectivity index (χ2v) is 11.0. The summed E-state index contributed by atoms with van der Waals surface area (Å²) in [7, 11) is 0. The average molecular weight is 454 g/mol. The van der Waals surface area contributed by atoms with Crippen LogP contribution in [0.3, 0.4) is 0 Å². The maximum atomic E-state index is 13.5. The monoisotopic (exact) mass is 453 g/mol. The van der Waals surface area contributed by atoms with Crippen molar-refractivity contribution in [2.75, 3.05) is 4.90 Å². The highest BCUT2D eigenvalue weighted by molar-refractivity contribution is 7.16. The van der Waals surface area contributed by atoms with Crippen LogP contribution in [0.1, 0.15) is 54.3 Å². The molecule has 0 fully saturated rings. The van der Waals surface area contributed by atoms with Crippen LogP contribution < -0.4 is 4.90 Å². The number of hydrogen-bond donors (Lipinski definition) is 0. The minimum absolute atomic E-state index is 0.108. The second-order valence-electron chi connectivity index (χ2n) is 9.96. The SMILES string of the molecule is CC(C)(C)[C@H]1CCc2c(sc(N=C3C(=O)N(Cc4ccccc4)c4ccccc43)c2C#N)C1. The van der Waals surface area contributed by atoms with Gasteiger partial charge in [0.2, 0.25) is 0 Å². The third-order valence-electron chi connectivity index (χ3n) is 6.88. The highest BCUT2D eigenvalue weighted by Crippen LogP contribution is 2.45. The van der Waals surface area contributed by atoms with Crippen LogP contribution in [0, 0.1) is 22.7 Å². The molecule has 1 aliphatic heterocycles.